The van der Waals surface area contributed by atoms with Crippen LogP contribution in [0, 0.1) is 0 Å². The molecule has 0 aromatic heterocycles. The van der Waals surface area contributed by atoms with Gasteiger partial charge in [-0.05, 0) is 27.2 Å². The molecular weight excluding hydrogens is 344 g/mol. The summed E-state index contributed by atoms with van der Waals surface area (Å²) in [5.74, 6) is -1.40. The Hall–Kier alpha value is -2.16. The molecule has 0 aromatic carbocycles. The van der Waals surface area contributed by atoms with Crippen molar-refractivity contribution in [3.8, 4) is 0 Å². The number of nitrogens with zero attached hydrogens (tertiary/aromatic N) is 1. The van der Waals surface area contributed by atoms with Gasteiger partial charge in [0.05, 0.1) is 7.11 Å². The van der Waals surface area contributed by atoms with Gasteiger partial charge < -0.3 is 29.6 Å². The Bertz CT molecular complexity index is 534. The van der Waals surface area contributed by atoms with Crippen molar-refractivity contribution in [2.45, 2.75) is 63.7 Å². The number of hydrogen-bond donors (Lipinski definition) is 2. The highest BCUT2D eigenvalue weighted by molar-refractivity contribution is 5.90. The number of carbonyl (C=O) groups is 4. The predicted molar refractivity (Wildman–Crippen MR) is 91.2 cm³/mol. The molecule has 148 valence electrons. The van der Waals surface area contributed by atoms with E-state index in [9.17, 15) is 24.3 Å². The van der Waals surface area contributed by atoms with Gasteiger partial charge >= 0.3 is 12.1 Å². The van der Waals surface area contributed by atoms with Crippen LogP contribution in [0.5, 0.6) is 0 Å². The molecule has 1 heterocycles. The first kappa shape index (κ1) is 21.9. The third-order valence-corrected chi connectivity index (χ3v) is 4.03. The molecule has 9 nitrogen and oxygen atoms in total. The first-order valence-corrected chi connectivity index (χ1v) is 8.55. The van der Waals surface area contributed by atoms with Crippen molar-refractivity contribution < 1.29 is 33.8 Å². The van der Waals surface area contributed by atoms with E-state index in [4.69, 9.17) is 4.74 Å². The van der Waals surface area contributed by atoms with Gasteiger partial charge in [0.15, 0.2) is 0 Å². The van der Waals surface area contributed by atoms with E-state index in [0.717, 1.165) is 0 Å². The van der Waals surface area contributed by atoms with E-state index in [0.29, 0.717) is 6.29 Å². The fourth-order valence-corrected chi connectivity index (χ4v) is 2.53. The fraction of sp³-hybridized carbons (Fsp3) is 0.765. The molecule has 1 rings (SSSR count). The number of hydrogen-bond acceptors (Lipinski definition) is 7. The van der Waals surface area contributed by atoms with Crippen LogP contribution in [-0.2, 0) is 23.9 Å². The highest BCUT2D eigenvalue weighted by Crippen LogP contribution is 2.24. The number of rotatable bonds is 6. The molecular formula is C17H28N2O7. The van der Waals surface area contributed by atoms with Crippen LogP contribution in [-0.4, -0.2) is 71.7 Å². The van der Waals surface area contributed by atoms with Gasteiger partial charge in [0.25, 0.3) is 5.91 Å². The summed E-state index contributed by atoms with van der Waals surface area (Å²) in [4.78, 5) is 48.1. The summed E-state index contributed by atoms with van der Waals surface area (Å²) in [6, 6.07) is -1.01. The van der Waals surface area contributed by atoms with Crippen molar-refractivity contribution in [3.05, 3.63) is 0 Å². The standard InChI is InChI=1S/C17H28N2O7/c1-16(2,3)26-15(23)19-9-7-17(24,8-10-19)14(22)18-12(6-5-11-20)13(21)25-4/h11-12,24H,5-10H2,1-4H3,(H,18,22)/t12-/m0/s1. The molecule has 0 aromatic rings. The molecule has 1 saturated heterocycles. The fourth-order valence-electron chi connectivity index (χ4n) is 2.53. The topological polar surface area (TPSA) is 122 Å². The summed E-state index contributed by atoms with van der Waals surface area (Å²) in [7, 11) is 1.18. The van der Waals surface area contributed by atoms with Crippen molar-refractivity contribution in [1.82, 2.24) is 10.2 Å². The normalized spacial score (nSPS) is 17.8. The Balaban J connectivity index is 2.66. The molecule has 1 atom stereocenters. The summed E-state index contributed by atoms with van der Waals surface area (Å²) in [5, 5.41) is 13.0. The van der Waals surface area contributed by atoms with E-state index in [1.165, 1.54) is 12.0 Å². The molecule has 26 heavy (non-hydrogen) atoms. The van der Waals surface area contributed by atoms with Crippen LogP contribution in [0.15, 0.2) is 0 Å². The first-order chi connectivity index (χ1) is 12.0. The van der Waals surface area contributed by atoms with Crippen molar-refractivity contribution >= 4 is 24.3 Å². The number of methoxy groups -OCH3 is 1. The Kier molecular flexibility index (Phi) is 7.55. The lowest BCUT2D eigenvalue weighted by Crippen LogP contribution is -2.57. The Labute approximate surface area is 153 Å². The lowest BCUT2D eigenvalue weighted by molar-refractivity contribution is -0.152. The van der Waals surface area contributed by atoms with Gasteiger partial charge in [-0.15, -0.1) is 0 Å². The molecule has 0 saturated carbocycles. The number of ether oxygens (including phenoxy) is 2. The zero-order valence-electron chi connectivity index (χ0n) is 15.7. The van der Waals surface area contributed by atoms with Crippen molar-refractivity contribution in [2.75, 3.05) is 20.2 Å². The number of nitrogens with one attached hydrogen (secondary N) is 1. The number of piperidine rings is 1. The number of amides is 2. The van der Waals surface area contributed by atoms with Crippen molar-refractivity contribution in [2.24, 2.45) is 0 Å². The average Bonchev–Trinajstić information content (AvgIpc) is 2.56. The number of aliphatic hydroxyl groups is 1. The largest absolute Gasteiger partial charge is 0.467 e. The number of esters is 1. The molecule has 1 aliphatic heterocycles. The van der Waals surface area contributed by atoms with Crippen LogP contribution in [0.25, 0.3) is 0 Å². The first-order valence-electron chi connectivity index (χ1n) is 8.55. The van der Waals surface area contributed by atoms with E-state index in [2.05, 4.69) is 10.1 Å². The van der Waals surface area contributed by atoms with Crippen LogP contribution in [0.4, 0.5) is 4.79 Å². The maximum Gasteiger partial charge on any atom is 0.410 e. The van der Waals surface area contributed by atoms with Gasteiger partial charge in [-0.3, -0.25) is 4.79 Å². The molecule has 0 spiro atoms. The van der Waals surface area contributed by atoms with Gasteiger partial charge in [-0.1, -0.05) is 0 Å². The van der Waals surface area contributed by atoms with Crippen LogP contribution in [0.1, 0.15) is 46.5 Å². The summed E-state index contributed by atoms with van der Waals surface area (Å²) in [5.41, 5.74) is -2.33. The van der Waals surface area contributed by atoms with E-state index in [1.54, 1.807) is 20.8 Å². The van der Waals surface area contributed by atoms with E-state index in [1.807, 2.05) is 0 Å². The maximum absolute atomic E-state index is 12.4. The number of aldehydes is 1. The molecule has 0 radical (unpaired) electrons. The molecule has 0 unspecified atom stereocenters. The quantitative estimate of drug-likeness (QED) is 0.511. The van der Waals surface area contributed by atoms with Crippen LogP contribution < -0.4 is 5.32 Å². The minimum absolute atomic E-state index is 0.0135. The van der Waals surface area contributed by atoms with Crippen LogP contribution >= 0.6 is 0 Å². The average molecular weight is 372 g/mol. The predicted octanol–water partition coefficient (Wildman–Crippen LogP) is 0.385. The monoisotopic (exact) mass is 372 g/mol. The molecule has 2 N–H and O–H groups in total. The second-order valence-electron chi connectivity index (χ2n) is 7.29. The van der Waals surface area contributed by atoms with Crippen LogP contribution in [0.2, 0.25) is 0 Å². The SMILES string of the molecule is COC(=O)[C@H](CCC=O)NC(=O)C1(O)CCN(C(=O)OC(C)(C)C)CC1. The molecule has 0 aliphatic carbocycles. The molecule has 1 aliphatic rings. The lowest BCUT2D eigenvalue weighted by atomic mass is 9.90. The molecule has 1 fully saturated rings. The third-order valence-electron chi connectivity index (χ3n) is 4.03. The second kappa shape index (κ2) is 8.98. The maximum atomic E-state index is 12.4. The zero-order valence-corrected chi connectivity index (χ0v) is 15.7. The smallest absolute Gasteiger partial charge is 0.410 e. The van der Waals surface area contributed by atoms with Gasteiger partial charge in [0.2, 0.25) is 0 Å². The third kappa shape index (κ3) is 6.29. The van der Waals surface area contributed by atoms with Crippen molar-refractivity contribution in [3.63, 3.8) is 0 Å². The second-order valence-corrected chi connectivity index (χ2v) is 7.29. The summed E-state index contributed by atoms with van der Waals surface area (Å²) < 4.78 is 9.88. The summed E-state index contributed by atoms with van der Waals surface area (Å²) >= 11 is 0. The highest BCUT2D eigenvalue weighted by Gasteiger charge is 2.42. The lowest BCUT2D eigenvalue weighted by Gasteiger charge is -2.38. The number of carbonyl (C=O) groups excluding carboxylic acids is 4. The minimum Gasteiger partial charge on any atom is -0.467 e. The minimum atomic E-state index is -1.70. The summed E-state index contributed by atoms with van der Waals surface area (Å²) in [6.45, 7) is 5.56. The molecule has 9 heteroatoms. The Morgan fingerprint density at radius 2 is 1.85 bits per heavy atom. The van der Waals surface area contributed by atoms with E-state index < -0.39 is 35.2 Å². The Morgan fingerprint density at radius 3 is 2.31 bits per heavy atom. The highest BCUT2D eigenvalue weighted by atomic mass is 16.6. The zero-order chi connectivity index (χ0) is 20.0. The summed E-state index contributed by atoms with van der Waals surface area (Å²) in [6.07, 6.45) is 0.320. The van der Waals surface area contributed by atoms with E-state index >= 15 is 0 Å². The van der Waals surface area contributed by atoms with Crippen LogP contribution in [0.3, 0.4) is 0 Å². The van der Waals surface area contributed by atoms with Crippen molar-refractivity contribution in [1.29, 1.82) is 0 Å². The van der Waals surface area contributed by atoms with Gasteiger partial charge in [0.1, 0.15) is 23.5 Å². The molecule has 0 bridgehead atoms. The van der Waals surface area contributed by atoms with Gasteiger partial charge in [-0.25, -0.2) is 9.59 Å². The number of likely N-dealkylation sites (tertiary alicyclic amines) is 1. The van der Waals surface area contributed by atoms with E-state index in [-0.39, 0.29) is 38.8 Å². The molecule has 2 amide bonds. The van der Waals surface area contributed by atoms with Gasteiger partial charge in [0, 0.05) is 32.4 Å². The van der Waals surface area contributed by atoms with Gasteiger partial charge in [-0.2, -0.15) is 0 Å². The Morgan fingerprint density at radius 1 is 1.27 bits per heavy atom.